The predicted octanol–water partition coefficient (Wildman–Crippen LogP) is 5.21. The third kappa shape index (κ3) is 9.33. The Morgan fingerprint density at radius 3 is 1.80 bits per heavy atom. The molecule has 0 saturated heterocycles. The number of aromatic hydroxyl groups is 1. The first-order valence-electron chi connectivity index (χ1n) is 7.48. The number of alkyl halides is 1. The Kier molecular flexibility index (Phi) is 12.6. The second kappa shape index (κ2) is 13.5. The van der Waals surface area contributed by atoms with Crippen LogP contribution in [0.15, 0.2) is 36.4 Å². The molecule has 0 unspecified atom stereocenters. The standard InChI is InChI=1S/C9H11FO2.C7H7FO2.C2H5I/c1-3-12-7-4-5-9(11-2)8(10)6-7;1-10-7-3-2-5(9)4-6(7)8;1-2-3/h4-6H,3H2,1-2H3;2-4,9H,1H3;2H2,1H3. The van der Waals surface area contributed by atoms with Crippen LogP contribution >= 0.6 is 22.6 Å². The second-order valence-electron chi connectivity index (χ2n) is 4.32. The molecule has 140 valence electrons. The molecule has 2 aromatic carbocycles. The van der Waals surface area contributed by atoms with Gasteiger partial charge in [0, 0.05) is 12.1 Å². The molecule has 0 aliphatic rings. The van der Waals surface area contributed by atoms with Gasteiger partial charge in [-0.2, -0.15) is 0 Å². The van der Waals surface area contributed by atoms with E-state index in [1.165, 1.54) is 36.8 Å². The van der Waals surface area contributed by atoms with Crippen LogP contribution in [-0.4, -0.2) is 30.4 Å². The number of ether oxygens (including phenoxy) is 3. The van der Waals surface area contributed by atoms with Gasteiger partial charge < -0.3 is 19.3 Å². The molecule has 25 heavy (non-hydrogen) atoms. The van der Waals surface area contributed by atoms with Crippen LogP contribution in [0.3, 0.4) is 0 Å². The first kappa shape index (κ1) is 23.2. The first-order valence-corrected chi connectivity index (χ1v) is 9.00. The van der Waals surface area contributed by atoms with Crippen LogP contribution in [0.25, 0.3) is 0 Å². The summed E-state index contributed by atoms with van der Waals surface area (Å²) in [5.74, 6) is -0.156. The van der Waals surface area contributed by atoms with Crippen LogP contribution in [0.2, 0.25) is 0 Å². The van der Waals surface area contributed by atoms with Gasteiger partial charge in [-0.15, -0.1) is 0 Å². The molecule has 0 amide bonds. The third-order valence-electron chi connectivity index (χ3n) is 2.57. The van der Waals surface area contributed by atoms with Gasteiger partial charge in [0.05, 0.1) is 20.8 Å². The van der Waals surface area contributed by atoms with Crippen molar-refractivity contribution in [3.8, 4) is 23.0 Å². The molecule has 0 spiro atoms. The summed E-state index contributed by atoms with van der Waals surface area (Å²) in [5, 5.41) is 8.74. The molecule has 0 saturated carbocycles. The Labute approximate surface area is 160 Å². The van der Waals surface area contributed by atoms with Crippen LogP contribution in [0.4, 0.5) is 8.78 Å². The van der Waals surface area contributed by atoms with E-state index >= 15 is 0 Å². The highest BCUT2D eigenvalue weighted by molar-refractivity contribution is 14.1. The van der Waals surface area contributed by atoms with Crippen molar-refractivity contribution in [2.75, 3.05) is 25.3 Å². The van der Waals surface area contributed by atoms with Gasteiger partial charge in [0.15, 0.2) is 23.1 Å². The highest BCUT2D eigenvalue weighted by Crippen LogP contribution is 2.22. The third-order valence-corrected chi connectivity index (χ3v) is 2.57. The monoisotopic (exact) mass is 468 g/mol. The minimum atomic E-state index is -0.553. The average molecular weight is 468 g/mol. The zero-order chi connectivity index (χ0) is 19.2. The van der Waals surface area contributed by atoms with Gasteiger partial charge in [-0.05, 0) is 35.6 Å². The number of hydrogen-bond acceptors (Lipinski definition) is 4. The van der Waals surface area contributed by atoms with Gasteiger partial charge in [-0.1, -0.05) is 29.5 Å². The van der Waals surface area contributed by atoms with Crippen LogP contribution in [0.5, 0.6) is 23.0 Å². The fourth-order valence-corrected chi connectivity index (χ4v) is 1.56. The number of rotatable bonds is 4. The van der Waals surface area contributed by atoms with Crippen molar-refractivity contribution in [1.29, 1.82) is 0 Å². The summed E-state index contributed by atoms with van der Waals surface area (Å²) in [6.45, 7) is 4.49. The SMILES string of the molecule is CCI.CCOc1ccc(OC)c(F)c1.COc1ccc(O)cc1F. The van der Waals surface area contributed by atoms with Gasteiger partial charge in [-0.25, -0.2) is 8.78 Å². The highest BCUT2D eigenvalue weighted by Gasteiger charge is 2.02. The first-order chi connectivity index (χ1) is 11.9. The lowest BCUT2D eigenvalue weighted by Gasteiger charge is -2.05. The molecule has 0 aliphatic carbocycles. The minimum absolute atomic E-state index is 0.0988. The summed E-state index contributed by atoms with van der Waals surface area (Å²) in [6, 6.07) is 8.25. The molecular weight excluding hydrogens is 445 g/mol. The summed E-state index contributed by atoms with van der Waals surface area (Å²) in [6.07, 6.45) is 0. The topological polar surface area (TPSA) is 47.9 Å². The van der Waals surface area contributed by atoms with Crippen molar-refractivity contribution in [3.63, 3.8) is 0 Å². The van der Waals surface area contributed by atoms with E-state index in [4.69, 9.17) is 14.6 Å². The summed E-state index contributed by atoms with van der Waals surface area (Å²) in [5.41, 5.74) is 0. The van der Waals surface area contributed by atoms with Gasteiger partial charge >= 0.3 is 0 Å². The Balaban J connectivity index is 0.000000403. The van der Waals surface area contributed by atoms with Crippen LogP contribution in [0, 0.1) is 11.6 Å². The molecule has 1 N–H and O–H groups in total. The van der Waals surface area contributed by atoms with Crippen molar-refractivity contribution < 1.29 is 28.1 Å². The lowest BCUT2D eigenvalue weighted by molar-refractivity contribution is 0.334. The van der Waals surface area contributed by atoms with E-state index in [0.29, 0.717) is 12.4 Å². The fraction of sp³-hybridized carbons (Fsp3) is 0.333. The molecule has 0 bridgehead atoms. The largest absolute Gasteiger partial charge is 0.508 e. The van der Waals surface area contributed by atoms with E-state index in [0.717, 1.165) is 6.07 Å². The molecule has 2 rings (SSSR count). The van der Waals surface area contributed by atoms with E-state index in [1.807, 2.05) is 6.92 Å². The fourth-order valence-electron chi connectivity index (χ4n) is 1.56. The molecule has 2 aromatic rings. The minimum Gasteiger partial charge on any atom is -0.508 e. The Bertz CT molecular complexity index is 624. The number of benzene rings is 2. The Morgan fingerprint density at radius 2 is 1.40 bits per heavy atom. The van der Waals surface area contributed by atoms with E-state index in [1.54, 1.807) is 12.1 Å². The molecular formula is C18H23F2IO4. The molecule has 0 fully saturated rings. The predicted molar refractivity (Wildman–Crippen MR) is 103 cm³/mol. The van der Waals surface area contributed by atoms with Crippen LogP contribution < -0.4 is 14.2 Å². The van der Waals surface area contributed by atoms with Crippen LogP contribution in [-0.2, 0) is 0 Å². The van der Waals surface area contributed by atoms with Gasteiger partial charge in [0.1, 0.15) is 11.5 Å². The second-order valence-corrected chi connectivity index (χ2v) is 5.84. The van der Waals surface area contributed by atoms with Gasteiger partial charge in [0.2, 0.25) is 0 Å². The quantitative estimate of drug-likeness (QED) is 0.494. The van der Waals surface area contributed by atoms with Crippen molar-refractivity contribution in [2.45, 2.75) is 13.8 Å². The molecule has 4 nitrogen and oxygen atoms in total. The smallest absolute Gasteiger partial charge is 0.168 e. The highest BCUT2D eigenvalue weighted by atomic mass is 127. The molecule has 0 aliphatic heterocycles. The van der Waals surface area contributed by atoms with Gasteiger partial charge in [-0.3, -0.25) is 0 Å². The van der Waals surface area contributed by atoms with E-state index < -0.39 is 11.6 Å². The lowest BCUT2D eigenvalue weighted by Crippen LogP contribution is -1.93. The maximum Gasteiger partial charge on any atom is 0.168 e. The maximum absolute atomic E-state index is 13.0. The molecule has 0 heterocycles. The molecule has 0 aromatic heterocycles. The lowest BCUT2D eigenvalue weighted by atomic mass is 10.3. The molecule has 0 radical (unpaired) electrons. The van der Waals surface area contributed by atoms with Crippen molar-refractivity contribution in [2.24, 2.45) is 0 Å². The Morgan fingerprint density at radius 1 is 0.920 bits per heavy atom. The zero-order valence-electron chi connectivity index (χ0n) is 14.7. The van der Waals surface area contributed by atoms with Crippen molar-refractivity contribution in [1.82, 2.24) is 0 Å². The average Bonchev–Trinajstić information content (AvgIpc) is 2.57. The summed E-state index contributed by atoms with van der Waals surface area (Å²) in [7, 11) is 2.80. The number of halogens is 3. The molecule has 0 atom stereocenters. The van der Waals surface area contributed by atoms with Crippen molar-refractivity contribution >= 4 is 22.6 Å². The normalized spacial score (nSPS) is 9.08. The van der Waals surface area contributed by atoms with Crippen LogP contribution in [0.1, 0.15) is 13.8 Å². The summed E-state index contributed by atoms with van der Waals surface area (Å²) >= 11 is 2.29. The van der Waals surface area contributed by atoms with E-state index in [2.05, 4.69) is 34.3 Å². The molecule has 7 heteroatoms. The van der Waals surface area contributed by atoms with Gasteiger partial charge in [0.25, 0.3) is 0 Å². The number of phenols is 1. The number of phenolic OH excluding ortho intramolecular Hbond substituents is 1. The summed E-state index contributed by atoms with van der Waals surface area (Å²) < 4.78 is 41.2. The van der Waals surface area contributed by atoms with E-state index in [-0.39, 0.29) is 17.2 Å². The maximum atomic E-state index is 13.0. The zero-order valence-corrected chi connectivity index (χ0v) is 16.8. The number of methoxy groups -OCH3 is 2. The van der Waals surface area contributed by atoms with Crippen molar-refractivity contribution in [3.05, 3.63) is 48.0 Å². The number of hydrogen-bond donors (Lipinski definition) is 1. The Hall–Kier alpha value is -1.77. The van der Waals surface area contributed by atoms with E-state index in [9.17, 15) is 8.78 Å². The summed E-state index contributed by atoms with van der Waals surface area (Å²) in [4.78, 5) is 0.